The fraction of sp³-hybridized carbons (Fsp3) is 0.231. The first-order valence-electron chi connectivity index (χ1n) is 16.4. The zero-order valence-corrected chi connectivity index (χ0v) is 27.3. The van der Waals surface area contributed by atoms with Crippen LogP contribution in [-0.2, 0) is 24.5 Å². The number of amides is 4. The Morgan fingerprint density at radius 2 is 1.61 bits per heavy atom. The molecule has 1 spiro atoms. The summed E-state index contributed by atoms with van der Waals surface area (Å²) in [6.45, 7) is -0.200. The molecule has 0 aromatic heterocycles. The number of urea groups is 1. The Balaban J connectivity index is 1.51. The van der Waals surface area contributed by atoms with Gasteiger partial charge >= 0.3 is 12.0 Å². The largest absolute Gasteiger partial charge is 0.491 e. The molecule has 3 aliphatic rings. The highest BCUT2D eigenvalue weighted by Crippen LogP contribution is 2.64. The van der Waals surface area contributed by atoms with Gasteiger partial charge in [-0.2, -0.15) is 0 Å². The molecule has 6 unspecified atom stereocenters. The Labute approximate surface area is 293 Å². The molecule has 4 aromatic carbocycles. The molecule has 51 heavy (non-hydrogen) atoms. The van der Waals surface area contributed by atoms with Gasteiger partial charge in [-0.25, -0.2) is 4.79 Å². The molecule has 4 aromatic rings. The molecular formula is C39H35N5O7. The highest BCUT2D eigenvalue weighted by atomic mass is 16.6. The maximum absolute atomic E-state index is 14.8. The third-order valence-electron chi connectivity index (χ3n) is 9.73. The highest BCUT2D eigenvalue weighted by molar-refractivity contribution is 6.12. The van der Waals surface area contributed by atoms with Gasteiger partial charge in [0.2, 0.25) is 11.8 Å². The molecule has 0 bridgehead atoms. The van der Waals surface area contributed by atoms with Crippen molar-refractivity contribution < 1.29 is 33.8 Å². The average molecular weight is 686 g/mol. The third kappa shape index (κ3) is 5.72. The average Bonchev–Trinajstić information content (AvgIpc) is 3.62. The van der Waals surface area contributed by atoms with Gasteiger partial charge in [-0.05, 0) is 52.6 Å². The first-order valence-corrected chi connectivity index (χ1v) is 16.4. The van der Waals surface area contributed by atoms with Crippen molar-refractivity contribution in [2.75, 3.05) is 25.1 Å². The van der Waals surface area contributed by atoms with Crippen LogP contribution in [0.5, 0.6) is 5.75 Å². The molecule has 0 aliphatic carbocycles. The number of morpholine rings is 1. The molecule has 3 heterocycles. The summed E-state index contributed by atoms with van der Waals surface area (Å²) in [7, 11) is 0. The van der Waals surface area contributed by atoms with E-state index in [1.165, 1.54) is 0 Å². The second-order valence-electron chi connectivity index (χ2n) is 12.5. The number of cyclic esters (lactones) is 1. The van der Waals surface area contributed by atoms with E-state index in [1.54, 1.807) is 36.4 Å². The number of primary amides is 2. The van der Waals surface area contributed by atoms with E-state index in [-0.39, 0.29) is 19.8 Å². The molecule has 2 saturated heterocycles. The second kappa shape index (κ2) is 13.6. The SMILES string of the molecule is NC(=O)NCC#Cc1ccc2c(c1)C1(C(=O)N2)C(C(N)=O)C2C(=O)OC(c3ccccc3)C(c3ccccc3)N2C1c1cccc(OCCO)c1. The normalized spacial score (nSPS) is 24.8. The molecule has 0 saturated carbocycles. The number of hydrogen-bond donors (Lipinski definition) is 5. The van der Waals surface area contributed by atoms with Crippen molar-refractivity contribution in [1.82, 2.24) is 10.2 Å². The number of benzene rings is 4. The lowest BCUT2D eigenvalue weighted by atomic mass is 9.65. The number of nitrogens with zero attached hydrogens (tertiary/aromatic N) is 1. The first kappa shape index (κ1) is 33.3. The van der Waals surface area contributed by atoms with Gasteiger partial charge in [0.25, 0.3) is 0 Å². The molecule has 3 aliphatic heterocycles. The Morgan fingerprint density at radius 1 is 0.902 bits per heavy atom. The predicted octanol–water partition coefficient (Wildman–Crippen LogP) is 2.83. The van der Waals surface area contributed by atoms with E-state index in [0.717, 1.165) is 11.1 Å². The number of hydrogen-bond acceptors (Lipinski definition) is 8. The minimum atomic E-state index is -1.75. The molecule has 12 nitrogen and oxygen atoms in total. The van der Waals surface area contributed by atoms with Crippen LogP contribution in [0.3, 0.4) is 0 Å². The Hall–Kier alpha value is -6.16. The number of aliphatic hydroxyl groups excluding tert-OH is 1. The van der Waals surface area contributed by atoms with Crippen LogP contribution in [0.1, 0.15) is 46.0 Å². The van der Waals surface area contributed by atoms with Gasteiger partial charge in [0, 0.05) is 11.3 Å². The maximum atomic E-state index is 14.8. The number of ether oxygens (including phenoxy) is 2. The summed E-state index contributed by atoms with van der Waals surface area (Å²) in [6, 6.07) is 27.4. The number of carbonyl (C=O) groups is 4. The Morgan fingerprint density at radius 3 is 2.29 bits per heavy atom. The van der Waals surface area contributed by atoms with E-state index in [9.17, 15) is 24.3 Å². The first-order chi connectivity index (χ1) is 24.7. The van der Waals surface area contributed by atoms with Crippen LogP contribution in [-0.4, -0.2) is 59.6 Å². The van der Waals surface area contributed by atoms with E-state index in [1.807, 2.05) is 71.6 Å². The number of nitrogens with two attached hydrogens (primary N) is 2. The fourth-order valence-electron chi connectivity index (χ4n) is 7.92. The number of fused-ring (bicyclic) bond motifs is 3. The lowest BCUT2D eigenvalue weighted by Crippen LogP contribution is -2.53. The summed E-state index contributed by atoms with van der Waals surface area (Å²) in [5.74, 6) is 2.81. The van der Waals surface area contributed by atoms with Crippen molar-refractivity contribution >= 4 is 29.5 Å². The second-order valence-corrected chi connectivity index (χ2v) is 12.5. The van der Waals surface area contributed by atoms with Crippen LogP contribution < -0.4 is 26.8 Å². The van der Waals surface area contributed by atoms with Crippen molar-refractivity contribution in [3.05, 3.63) is 131 Å². The van der Waals surface area contributed by atoms with Gasteiger partial charge in [0.15, 0.2) is 0 Å². The number of carbonyl (C=O) groups excluding carboxylic acids is 4. The van der Waals surface area contributed by atoms with Gasteiger partial charge in [-0.15, -0.1) is 0 Å². The van der Waals surface area contributed by atoms with E-state index >= 15 is 0 Å². The van der Waals surface area contributed by atoms with Gasteiger partial charge < -0.3 is 36.7 Å². The zero-order chi connectivity index (χ0) is 35.7. The van der Waals surface area contributed by atoms with Crippen molar-refractivity contribution in [2.45, 2.75) is 29.6 Å². The van der Waals surface area contributed by atoms with E-state index < -0.39 is 59.4 Å². The van der Waals surface area contributed by atoms with Gasteiger partial charge in [-0.1, -0.05) is 84.6 Å². The minimum Gasteiger partial charge on any atom is -0.491 e. The summed E-state index contributed by atoms with van der Waals surface area (Å²) >= 11 is 0. The Bertz CT molecular complexity index is 2060. The molecule has 258 valence electrons. The summed E-state index contributed by atoms with van der Waals surface area (Å²) in [5, 5.41) is 14.9. The van der Waals surface area contributed by atoms with Crippen LogP contribution in [0.2, 0.25) is 0 Å². The van der Waals surface area contributed by atoms with Crippen LogP contribution in [0, 0.1) is 17.8 Å². The summed E-state index contributed by atoms with van der Waals surface area (Å²) in [4.78, 5) is 56.4. The molecule has 4 amide bonds. The van der Waals surface area contributed by atoms with Crippen LogP contribution >= 0.6 is 0 Å². The summed E-state index contributed by atoms with van der Waals surface area (Å²) in [6.07, 6.45) is -0.823. The molecule has 7 rings (SSSR count). The number of aliphatic hydroxyl groups is 1. The van der Waals surface area contributed by atoms with E-state index in [4.69, 9.17) is 20.9 Å². The standard InChI is InChI=1S/C39H35N5O7/c40-35(46)30-32-36(47)51-33(25-12-5-2-6-13-25)31(24-10-3-1-4-11-24)44(32)34(26-14-7-15-27(22-26)50-20-19-45)39(30)28-21-23(9-8-18-42-38(41)49)16-17-29(28)43-37(39)48/h1-7,10-17,21-22,30-34,45H,18-20H2,(H2,40,46)(H,43,48)(H3,41,42,49). The van der Waals surface area contributed by atoms with Crippen LogP contribution in [0.4, 0.5) is 10.5 Å². The summed E-state index contributed by atoms with van der Waals surface area (Å²) in [5.41, 5.74) is 13.2. The maximum Gasteiger partial charge on any atom is 0.324 e. The lowest BCUT2D eigenvalue weighted by Gasteiger charge is -2.46. The number of anilines is 1. The monoisotopic (exact) mass is 685 g/mol. The number of esters is 1. The molecule has 7 N–H and O–H groups in total. The van der Waals surface area contributed by atoms with Crippen molar-refractivity contribution in [1.29, 1.82) is 0 Å². The number of rotatable bonds is 8. The third-order valence-corrected chi connectivity index (χ3v) is 9.73. The molecular weight excluding hydrogens is 650 g/mol. The van der Waals surface area contributed by atoms with Crippen molar-refractivity contribution in [3.63, 3.8) is 0 Å². The molecule has 12 heteroatoms. The van der Waals surface area contributed by atoms with E-state index in [0.29, 0.717) is 28.1 Å². The summed E-state index contributed by atoms with van der Waals surface area (Å²) < 4.78 is 12.1. The topological polar surface area (TPSA) is 186 Å². The molecule has 6 atom stereocenters. The minimum absolute atomic E-state index is 0.0107. The van der Waals surface area contributed by atoms with Gasteiger partial charge in [-0.3, -0.25) is 19.3 Å². The fourth-order valence-corrected chi connectivity index (χ4v) is 7.92. The van der Waals surface area contributed by atoms with Gasteiger partial charge in [0.05, 0.1) is 31.2 Å². The zero-order valence-electron chi connectivity index (χ0n) is 27.3. The number of nitrogens with one attached hydrogen (secondary N) is 2. The van der Waals surface area contributed by atoms with E-state index in [2.05, 4.69) is 22.5 Å². The molecule has 0 radical (unpaired) electrons. The predicted molar refractivity (Wildman–Crippen MR) is 186 cm³/mol. The lowest BCUT2D eigenvalue weighted by molar-refractivity contribution is -0.178. The van der Waals surface area contributed by atoms with Crippen molar-refractivity contribution in [3.8, 4) is 17.6 Å². The smallest absolute Gasteiger partial charge is 0.324 e. The highest BCUT2D eigenvalue weighted by Gasteiger charge is 2.73. The van der Waals surface area contributed by atoms with Crippen LogP contribution in [0.15, 0.2) is 103 Å². The van der Waals surface area contributed by atoms with Crippen LogP contribution in [0.25, 0.3) is 0 Å². The Kier molecular flexibility index (Phi) is 8.91. The van der Waals surface area contributed by atoms with Gasteiger partial charge in [0.1, 0.15) is 29.9 Å². The quantitative estimate of drug-likeness (QED) is 0.138. The van der Waals surface area contributed by atoms with Crippen molar-refractivity contribution in [2.24, 2.45) is 17.4 Å². The molecule has 2 fully saturated rings.